The van der Waals surface area contributed by atoms with Crippen molar-refractivity contribution in [3.63, 3.8) is 0 Å². The topological polar surface area (TPSA) is 66.6 Å². The van der Waals surface area contributed by atoms with Gasteiger partial charge in [0.25, 0.3) is 5.56 Å². The van der Waals surface area contributed by atoms with Gasteiger partial charge in [0.15, 0.2) is 16.6 Å². The number of ether oxygens (including phenoxy) is 2. The quantitative estimate of drug-likeness (QED) is 0.360. The van der Waals surface area contributed by atoms with Crippen LogP contribution >= 0.6 is 12.2 Å². The van der Waals surface area contributed by atoms with Gasteiger partial charge in [0.2, 0.25) is 6.79 Å². The predicted molar refractivity (Wildman–Crippen MR) is 143 cm³/mol. The van der Waals surface area contributed by atoms with E-state index in [1.807, 2.05) is 60.4 Å². The van der Waals surface area contributed by atoms with Crippen LogP contribution < -0.4 is 20.3 Å². The van der Waals surface area contributed by atoms with Crippen LogP contribution in [0.15, 0.2) is 65.5 Å². The second-order valence-corrected chi connectivity index (χ2v) is 9.39. The van der Waals surface area contributed by atoms with Crippen LogP contribution in [-0.2, 0) is 13.1 Å². The molecule has 0 amide bonds. The van der Waals surface area contributed by atoms with Crippen molar-refractivity contribution < 1.29 is 9.47 Å². The summed E-state index contributed by atoms with van der Waals surface area (Å²) in [5, 5.41) is 4.91. The molecule has 0 bridgehead atoms. The zero-order chi connectivity index (χ0) is 24.5. The highest BCUT2D eigenvalue weighted by Crippen LogP contribution is 2.33. The Bertz CT molecular complexity index is 1500. The smallest absolute Gasteiger partial charge is 0.253 e. The minimum atomic E-state index is -0.117. The van der Waals surface area contributed by atoms with Crippen molar-refractivity contribution in [2.24, 2.45) is 0 Å². The molecule has 0 saturated carbocycles. The fourth-order valence-corrected chi connectivity index (χ4v) is 4.53. The number of H-pyrrole nitrogens is 1. The van der Waals surface area contributed by atoms with E-state index in [2.05, 4.69) is 36.3 Å². The molecule has 0 fully saturated rings. The first-order valence-electron chi connectivity index (χ1n) is 11.5. The lowest BCUT2D eigenvalue weighted by Crippen LogP contribution is -2.35. The second kappa shape index (κ2) is 9.43. The summed E-state index contributed by atoms with van der Waals surface area (Å²) in [7, 11) is 0. The highest BCUT2D eigenvalue weighted by Gasteiger charge is 2.18. The van der Waals surface area contributed by atoms with Crippen molar-refractivity contribution in [2.45, 2.75) is 33.9 Å². The summed E-state index contributed by atoms with van der Waals surface area (Å²) in [6.07, 6.45) is 0. The van der Waals surface area contributed by atoms with Gasteiger partial charge in [-0.3, -0.25) is 4.79 Å². The molecule has 1 aliphatic heterocycles. The Morgan fingerprint density at radius 2 is 1.71 bits per heavy atom. The zero-order valence-corrected chi connectivity index (χ0v) is 20.8. The summed E-state index contributed by atoms with van der Waals surface area (Å²) in [4.78, 5) is 18.0. The maximum atomic E-state index is 13.0. The number of fused-ring (bicyclic) bond motifs is 2. The van der Waals surface area contributed by atoms with Crippen LogP contribution in [0.25, 0.3) is 10.9 Å². The van der Waals surface area contributed by atoms with Gasteiger partial charge in [-0.05, 0) is 85.4 Å². The lowest BCUT2D eigenvalue weighted by Gasteiger charge is -2.27. The van der Waals surface area contributed by atoms with Crippen molar-refractivity contribution in [2.75, 3.05) is 12.1 Å². The lowest BCUT2D eigenvalue weighted by molar-refractivity contribution is 0.174. The maximum Gasteiger partial charge on any atom is 0.253 e. The summed E-state index contributed by atoms with van der Waals surface area (Å²) in [5.74, 6) is 1.45. The highest BCUT2D eigenvalue weighted by atomic mass is 32.1. The number of aryl methyl sites for hydroxylation is 3. The average Bonchev–Trinajstić information content (AvgIpc) is 3.29. The van der Waals surface area contributed by atoms with E-state index in [-0.39, 0.29) is 12.4 Å². The fourth-order valence-electron chi connectivity index (χ4n) is 4.29. The molecule has 0 spiro atoms. The molecule has 0 unspecified atom stereocenters. The minimum absolute atomic E-state index is 0.117. The first-order chi connectivity index (χ1) is 16.9. The number of rotatable bonds is 5. The van der Waals surface area contributed by atoms with Gasteiger partial charge in [0.05, 0.1) is 6.54 Å². The van der Waals surface area contributed by atoms with Gasteiger partial charge in [-0.15, -0.1) is 0 Å². The SMILES string of the molecule is Cc1ccc(NC(=S)N(Cc2ccc3c(c2)OCO3)Cc2cc3ccc(C)cc3[nH]c2=O)c(C)c1. The number of benzene rings is 3. The molecule has 1 aliphatic rings. The molecule has 0 aliphatic carbocycles. The van der Waals surface area contributed by atoms with Crippen molar-refractivity contribution >= 4 is 33.9 Å². The van der Waals surface area contributed by atoms with Crippen molar-refractivity contribution in [3.8, 4) is 11.5 Å². The number of nitrogens with zero attached hydrogens (tertiary/aromatic N) is 1. The Balaban J connectivity index is 1.47. The largest absolute Gasteiger partial charge is 0.454 e. The van der Waals surface area contributed by atoms with Crippen molar-refractivity contribution in [1.29, 1.82) is 0 Å². The Kier molecular flexibility index (Phi) is 6.17. The van der Waals surface area contributed by atoms with E-state index < -0.39 is 0 Å². The molecule has 4 aromatic rings. The normalized spacial score (nSPS) is 12.1. The Morgan fingerprint density at radius 3 is 2.54 bits per heavy atom. The van der Waals surface area contributed by atoms with E-state index in [0.29, 0.717) is 23.8 Å². The number of pyridine rings is 1. The van der Waals surface area contributed by atoms with E-state index in [4.69, 9.17) is 21.7 Å². The first kappa shape index (κ1) is 22.9. The zero-order valence-electron chi connectivity index (χ0n) is 20.0. The van der Waals surface area contributed by atoms with E-state index in [9.17, 15) is 4.79 Å². The van der Waals surface area contributed by atoms with Crippen LogP contribution in [0.3, 0.4) is 0 Å². The van der Waals surface area contributed by atoms with Crippen LogP contribution in [0, 0.1) is 20.8 Å². The van der Waals surface area contributed by atoms with Gasteiger partial charge in [-0.25, -0.2) is 0 Å². The molecule has 7 heteroatoms. The van der Waals surface area contributed by atoms with Gasteiger partial charge >= 0.3 is 0 Å². The number of hydrogen-bond acceptors (Lipinski definition) is 4. The predicted octanol–water partition coefficient (Wildman–Crippen LogP) is 5.58. The molecule has 3 aromatic carbocycles. The summed E-state index contributed by atoms with van der Waals surface area (Å²) in [5.41, 5.74) is 6.70. The Labute approximate surface area is 209 Å². The molecule has 0 radical (unpaired) electrons. The van der Waals surface area contributed by atoms with Crippen LogP contribution in [0.5, 0.6) is 11.5 Å². The van der Waals surface area contributed by atoms with Gasteiger partial charge in [-0.2, -0.15) is 0 Å². The number of hydrogen-bond donors (Lipinski definition) is 2. The second-order valence-electron chi connectivity index (χ2n) is 9.01. The molecule has 6 nitrogen and oxygen atoms in total. The molecule has 2 N–H and O–H groups in total. The molecular formula is C28H27N3O3S. The van der Waals surface area contributed by atoms with E-state index in [1.165, 1.54) is 5.56 Å². The summed E-state index contributed by atoms with van der Waals surface area (Å²) >= 11 is 5.85. The number of anilines is 1. The molecule has 0 atom stereocenters. The number of aromatic amines is 1. The first-order valence-corrected chi connectivity index (χ1v) is 11.9. The number of nitrogens with one attached hydrogen (secondary N) is 2. The Hall–Kier alpha value is -3.84. The highest BCUT2D eigenvalue weighted by molar-refractivity contribution is 7.80. The van der Waals surface area contributed by atoms with E-state index in [0.717, 1.165) is 44.8 Å². The lowest BCUT2D eigenvalue weighted by atomic mass is 10.1. The molecule has 35 heavy (non-hydrogen) atoms. The summed E-state index contributed by atoms with van der Waals surface area (Å²) < 4.78 is 11.0. The molecule has 5 rings (SSSR count). The van der Waals surface area contributed by atoms with E-state index >= 15 is 0 Å². The third-order valence-corrected chi connectivity index (χ3v) is 6.52. The van der Waals surface area contributed by atoms with Crippen molar-refractivity contribution in [3.05, 3.63) is 98.8 Å². The third-order valence-electron chi connectivity index (χ3n) is 6.16. The van der Waals surface area contributed by atoms with Gasteiger partial charge < -0.3 is 24.7 Å². The van der Waals surface area contributed by atoms with Crippen LogP contribution in [0.2, 0.25) is 0 Å². The van der Waals surface area contributed by atoms with Gasteiger partial charge in [0, 0.05) is 23.3 Å². The fraction of sp³-hybridized carbons (Fsp3) is 0.214. The van der Waals surface area contributed by atoms with Crippen LogP contribution in [-0.4, -0.2) is 21.8 Å². The molecule has 178 valence electrons. The van der Waals surface area contributed by atoms with Gasteiger partial charge in [-0.1, -0.05) is 35.9 Å². The molecule has 1 aromatic heterocycles. The molecule has 2 heterocycles. The monoisotopic (exact) mass is 485 g/mol. The third kappa shape index (κ3) is 5.00. The number of aromatic nitrogens is 1. The standard InChI is InChI=1S/C28H27N3O3S/c1-17-5-8-23(19(3)10-17)30-28(35)31(14-20-6-9-25-26(12-20)34-16-33-25)15-22-13-21-7-4-18(2)11-24(21)29-27(22)32/h4-13H,14-16H2,1-3H3,(H,29,32)(H,30,35). The maximum absolute atomic E-state index is 13.0. The minimum Gasteiger partial charge on any atom is -0.454 e. The van der Waals surface area contributed by atoms with Crippen LogP contribution in [0.1, 0.15) is 27.8 Å². The summed E-state index contributed by atoms with van der Waals surface area (Å²) in [6.45, 7) is 7.20. The summed E-state index contributed by atoms with van der Waals surface area (Å²) in [6, 6.07) is 20.1. The molecule has 0 saturated heterocycles. The Morgan fingerprint density at radius 1 is 0.943 bits per heavy atom. The van der Waals surface area contributed by atoms with E-state index in [1.54, 1.807) is 0 Å². The van der Waals surface area contributed by atoms with Crippen LogP contribution in [0.4, 0.5) is 5.69 Å². The molecular weight excluding hydrogens is 458 g/mol. The van der Waals surface area contributed by atoms with Gasteiger partial charge in [0.1, 0.15) is 0 Å². The number of thiocarbonyl (C=S) groups is 1. The average molecular weight is 486 g/mol. The van der Waals surface area contributed by atoms with Crippen molar-refractivity contribution in [1.82, 2.24) is 9.88 Å².